The van der Waals surface area contributed by atoms with E-state index in [-0.39, 0.29) is 23.6 Å². The number of β-amino-alcohol motifs (C(OH)–C–C–N with tert-alkyl or cyclic N) is 1. The molecule has 1 N–H and O–H groups in total. The second kappa shape index (κ2) is 11.1. The molecule has 0 radical (unpaired) electrons. The van der Waals surface area contributed by atoms with Crippen LogP contribution >= 0.6 is 0 Å². The smallest absolute Gasteiger partial charge is 0.325 e. The molecule has 2 aromatic rings. The molecular weight excluding hydrogens is 490 g/mol. The number of benzene rings is 2. The fourth-order valence-electron chi connectivity index (χ4n) is 5.64. The van der Waals surface area contributed by atoms with Crippen molar-refractivity contribution in [3.63, 3.8) is 0 Å². The van der Waals surface area contributed by atoms with Crippen LogP contribution in [0.2, 0.25) is 0 Å². The molecular formula is C29H37NO6S. The van der Waals surface area contributed by atoms with E-state index in [0.29, 0.717) is 22.6 Å². The first-order valence-electron chi connectivity index (χ1n) is 13.1. The summed E-state index contributed by atoms with van der Waals surface area (Å²) < 4.78 is 33.7. The second-order valence-electron chi connectivity index (χ2n) is 10.6. The van der Waals surface area contributed by atoms with Gasteiger partial charge in [0, 0.05) is 18.5 Å². The number of hydrogen-bond donors (Lipinski definition) is 1. The first-order chi connectivity index (χ1) is 17.5. The maximum absolute atomic E-state index is 13.7. The van der Waals surface area contributed by atoms with E-state index in [1.54, 1.807) is 26.0 Å². The molecule has 1 saturated heterocycles. The molecule has 8 heteroatoms. The third kappa shape index (κ3) is 5.66. The zero-order valence-electron chi connectivity index (χ0n) is 22.1. The van der Waals surface area contributed by atoms with E-state index in [1.165, 1.54) is 37.7 Å². The number of ether oxygens (including phenoxy) is 1. The minimum atomic E-state index is -4.09. The standard InChI is InChI=1S/C29H37NO6S/c1-18-14-19(2)21(4)28(20(18)3)37(34,35)30-16-25(31)15-26(30)29(33)36-17-27(32)24-12-10-23(11-13-24)22-8-6-5-7-9-22/h10-14,22,25-26,31H,5-9,15-17H2,1-4H3/t25-,26-/m1/s1. The van der Waals surface area contributed by atoms with Crippen molar-refractivity contribution in [1.82, 2.24) is 4.31 Å². The molecule has 4 rings (SSSR count). The molecule has 2 atom stereocenters. The molecule has 0 amide bonds. The van der Waals surface area contributed by atoms with Gasteiger partial charge in [0.2, 0.25) is 10.0 Å². The topological polar surface area (TPSA) is 101 Å². The summed E-state index contributed by atoms with van der Waals surface area (Å²) in [5.74, 6) is -0.647. The lowest BCUT2D eigenvalue weighted by Gasteiger charge is -2.25. The first kappa shape index (κ1) is 27.5. The molecule has 1 saturated carbocycles. The van der Waals surface area contributed by atoms with Crippen molar-refractivity contribution >= 4 is 21.8 Å². The Kier molecular flexibility index (Phi) is 8.21. The van der Waals surface area contributed by atoms with Gasteiger partial charge >= 0.3 is 5.97 Å². The Hall–Kier alpha value is -2.55. The molecule has 2 fully saturated rings. The van der Waals surface area contributed by atoms with E-state index < -0.39 is 34.7 Å². The molecule has 0 aromatic heterocycles. The number of hydrogen-bond acceptors (Lipinski definition) is 6. The summed E-state index contributed by atoms with van der Waals surface area (Å²) in [7, 11) is -4.09. The molecule has 37 heavy (non-hydrogen) atoms. The maximum Gasteiger partial charge on any atom is 0.325 e. The number of Topliss-reactive ketones (excluding diaryl/α,β-unsaturated/α-hetero) is 1. The molecule has 1 heterocycles. The number of aryl methyl sites for hydroxylation is 2. The van der Waals surface area contributed by atoms with Gasteiger partial charge in [-0.15, -0.1) is 0 Å². The highest BCUT2D eigenvalue weighted by Gasteiger charge is 2.45. The third-order valence-electron chi connectivity index (χ3n) is 8.02. The van der Waals surface area contributed by atoms with Crippen LogP contribution in [-0.4, -0.2) is 54.9 Å². The van der Waals surface area contributed by atoms with Crippen molar-refractivity contribution in [2.24, 2.45) is 0 Å². The van der Waals surface area contributed by atoms with Gasteiger partial charge in [0.1, 0.15) is 6.04 Å². The van der Waals surface area contributed by atoms with Gasteiger partial charge in [-0.1, -0.05) is 49.6 Å². The number of esters is 1. The van der Waals surface area contributed by atoms with Crippen molar-refractivity contribution in [1.29, 1.82) is 0 Å². The highest BCUT2D eigenvalue weighted by Crippen LogP contribution is 2.34. The summed E-state index contributed by atoms with van der Waals surface area (Å²) in [4.78, 5) is 25.9. The molecule has 1 aliphatic carbocycles. The zero-order valence-corrected chi connectivity index (χ0v) is 22.9. The minimum absolute atomic E-state index is 0.0781. The van der Waals surface area contributed by atoms with E-state index in [9.17, 15) is 23.1 Å². The predicted octanol–water partition coefficient (Wildman–Crippen LogP) is 4.52. The molecule has 0 spiro atoms. The van der Waals surface area contributed by atoms with Crippen molar-refractivity contribution in [2.75, 3.05) is 13.2 Å². The van der Waals surface area contributed by atoms with E-state index in [4.69, 9.17) is 4.74 Å². The van der Waals surface area contributed by atoms with E-state index in [0.717, 1.165) is 15.4 Å². The lowest BCUT2D eigenvalue weighted by atomic mass is 9.84. The Labute approximate surface area is 219 Å². The van der Waals surface area contributed by atoms with Crippen LogP contribution in [0.4, 0.5) is 0 Å². The fraction of sp³-hybridized carbons (Fsp3) is 0.517. The summed E-state index contributed by atoms with van der Waals surface area (Å²) in [5, 5.41) is 10.3. The highest BCUT2D eigenvalue weighted by atomic mass is 32.2. The third-order valence-corrected chi connectivity index (χ3v) is 10.2. The summed E-state index contributed by atoms with van der Waals surface area (Å²) in [6.07, 6.45) is 4.99. The molecule has 2 aromatic carbocycles. The van der Waals surface area contributed by atoms with Crippen LogP contribution in [0.1, 0.15) is 82.6 Å². The van der Waals surface area contributed by atoms with Gasteiger partial charge in [-0.25, -0.2) is 8.42 Å². The number of sulfonamides is 1. The minimum Gasteiger partial charge on any atom is -0.456 e. The van der Waals surface area contributed by atoms with Gasteiger partial charge in [-0.3, -0.25) is 9.59 Å². The molecule has 2 aliphatic rings. The Morgan fingerprint density at radius 3 is 2.16 bits per heavy atom. The van der Waals surface area contributed by atoms with Gasteiger partial charge < -0.3 is 9.84 Å². The average molecular weight is 528 g/mol. The van der Waals surface area contributed by atoms with Crippen LogP contribution in [-0.2, 0) is 19.6 Å². The number of aliphatic hydroxyl groups is 1. The Bertz CT molecular complexity index is 1250. The van der Waals surface area contributed by atoms with Gasteiger partial charge in [0.25, 0.3) is 0 Å². The molecule has 200 valence electrons. The molecule has 1 aliphatic heterocycles. The van der Waals surface area contributed by atoms with Crippen LogP contribution in [0.15, 0.2) is 35.2 Å². The SMILES string of the molecule is Cc1cc(C)c(C)c(S(=O)(=O)N2C[C@H](O)C[C@@H]2C(=O)OCC(=O)c2ccc(C3CCCCC3)cc2)c1C. The van der Waals surface area contributed by atoms with Crippen LogP contribution in [0.25, 0.3) is 0 Å². The van der Waals surface area contributed by atoms with Crippen molar-refractivity contribution in [3.05, 3.63) is 63.7 Å². The van der Waals surface area contributed by atoms with Crippen LogP contribution in [0, 0.1) is 27.7 Å². The van der Waals surface area contributed by atoms with E-state index in [1.807, 2.05) is 32.0 Å². The van der Waals surface area contributed by atoms with Crippen molar-refractivity contribution in [3.8, 4) is 0 Å². The first-order valence-corrected chi connectivity index (χ1v) is 14.5. The predicted molar refractivity (Wildman–Crippen MR) is 141 cm³/mol. The molecule has 7 nitrogen and oxygen atoms in total. The van der Waals surface area contributed by atoms with Crippen LogP contribution < -0.4 is 0 Å². The fourth-order valence-corrected chi connectivity index (χ4v) is 7.85. The second-order valence-corrected chi connectivity index (χ2v) is 12.4. The van der Waals surface area contributed by atoms with E-state index in [2.05, 4.69) is 0 Å². The van der Waals surface area contributed by atoms with Crippen molar-refractivity contribution < 1.29 is 27.9 Å². The summed E-state index contributed by atoms with van der Waals surface area (Å²) in [6.45, 7) is 6.49. The molecule has 0 bridgehead atoms. The lowest BCUT2D eigenvalue weighted by Crippen LogP contribution is -2.42. The lowest BCUT2D eigenvalue weighted by molar-refractivity contribution is -0.146. The number of carbonyl (C=O) groups is 2. The van der Waals surface area contributed by atoms with E-state index >= 15 is 0 Å². The Morgan fingerprint density at radius 2 is 1.57 bits per heavy atom. The van der Waals surface area contributed by atoms with Crippen LogP contribution in [0.3, 0.4) is 0 Å². The average Bonchev–Trinajstić information content (AvgIpc) is 3.29. The summed E-state index contributed by atoms with van der Waals surface area (Å²) >= 11 is 0. The van der Waals surface area contributed by atoms with Gasteiger partial charge in [0.05, 0.1) is 11.0 Å². The number of carbonyl (C=O) groups excluding carboxylic acids is 2. The summed E-state index contributed by atoms with van der Waals surface area (Å²) in [5.41, 5.74) is 4.57. The monoisotopic (exact) mass is 527 g/mol. The Morgan fingerprint density at radius 1 is 0.973 bits per heavy atom. The highest BCUT2D eigenvalue weighted by molar-refractivity contribution is 7.89. The quantitative estimate of drug-likeness (QED) is 0.420. The van der Waals surface area contributed by atoms with Gasteiger partial charge in [-0.05, 0) is 74.3 Å². The summed E-state index contributed by atoms with van der Waals surface area (Å²) in [6, 6.07) is 8.22. The number of aliphatic hydroxyl groups excluding tert-OH is 1. The number of ketones is 1. The Balaban J connectivity index is 1.46. The van der Waals surface area contributed by atoms with Gasteiger partial charge in [0.15, 0.2) is 12.4 Å². The largest absolute Gasteiger partial charge is 0.456 e. The van der Waals surface area contributed by atoms with Gasteiger partial charge in [-0.2, -0.15) is 4.31 Å². The van der Waals surface area contributed by atoms with Crippen molar-refractivity contribution in [2.45, 2.75) is 89.2 Å². The maximum atomic E-state index is 13.7. The normalized spacial score (nSPS) is 21.2. The zero-order chi connectivity index (χ0) is 26.9. The number of rotatable bonds is 7. The van der Waals surface area contributed by atoms with Crippen LogP contribution in [0.5, 0.6) is 0 Å². The number of nitrogens with zero attached hydrogens (tertiary/aromatic N) is 1. The molecule has 0 unspecified atom stereocenters.